The standard InChI is InChI=1S/C11H11F3N2O3S/c12-7-2-9(15)10(3-8(7)13)16-4-6(1-11(16)17)5-20(14,18)19/h2-3,6H,1,4-5,15H2. The number of hydrogen-bond acceptors (Lipinski definition) is 4. The smallest absolute Gasteiger partial charge is 0.302 e. The van der Waals surface area contributed by atoms with Gasteiger partial charge in [-0.1, -0.05) is 0 Å². The number of benzene rings is 1. The van der Waals surface area contributed by atoms with Crippen molar-refractivity contribution in [2.75, 3.05) is 22.9 Å². The van der Waals surface area contributed by atoms with Crippen molar-refractivity contribution in [3.63, 3.8) is 0 Å². The van der Waals surface area contributed by atoms with E-state index < -0.39 is 39.4 Å². The molecule has 2 N–H and O–H groups in total. The Balaban J connectivity index is 2.26. The van der Waals surface area contributed by atoms with Crippen LogP contribution in [0.2, 0.25) is 0 Å². The Morgan fingerprint density at radius 1 is 1.30 bits per heavy atom. The average molecular weight is 308 g/mol. The van der Waals surface area contributed by atoms with Crippen molar-refractivity contribution in [2.24, 2.45) is 5.92 Å². The van der Waals surface area contributed by atoms with Gasteiger partial charge in [0.25, 0.3) is 0 Å². The van der Waals surface area contributed by atoms with E-state index >= 15 is 0 Å². The van der Waals surface area contributed by atoms with Gasteiger partial charge < -0.3 is 10.6 Å². The van der Waals surface area contributed by atoms with E-state index in [1.807, 2.05) is 0 Å². The average Bonchev–Trinajstić information content (AvgIpc) is 2.62. The van der Waals surface area contributed by atoms with Gasteiger partial charge in [0.2, 0.25) is 5.91 Å². The number of rotatable bonds is 3. The van der Waals surface area contributed by atoms with Crippen LogP contribution in [0.1, 0.15) is 6.42 Å². The normalized spacial score (nSPS) is 19.6. The quantitative estimate of drug-likeness (QED) is 0.672. The van der Waals surface area contributed by atoms with E-state index in [1.165, 1.54) is 0 Å². The Bertz CT molecular complexity index is 663. The van der Waals surface area contributed by atoms with Crippen LogP contribution in [0.4, 0.5) is 24.0 Å². The molecule has 1 amide bonds. The number of anilines is 2. The van der Waals surface area contributed by atoms with Crippen molar-refractivity contribution in [3.8, 4) is 0 Å². The summed E-state index contributed by atoms with van der Waals surface area (Å²) in [5.74, 6) is -4.38. The van der Waals surface area contributed by atoms with Gasteiger partial charge in [-0.2, -0.15) is 8.42 Å². The first-order valence-electron chi connectivity index (χ1n) is 5.64. The summed E-state index contributed by atoms with van der Waals surface area (Å²) in [6.45, 7) is -0.114. The minimum atomic E-state index is -4.71. The summed E-state index contributed by atoms with van der Waals surface area (Å²) >= 11 is 0. The van der Waals surface area contributed by atoms with Crippen molar-refractivity contribution in [1.29, 1.82) is 0 Å². The summed E-state index contributed by atoms with van der Waals surface area (Å²) in [4.78, 5) is 12.8. The fourth-order valence-corrected chi connectivity index (χ4v) is 2.98. The second-order valence-electron chi connectivity index (χ2n) is 4.61. The highest BCUT2D eigenvalue weighted by molar-refractivity contribution is 7.86. The molecule has 5 nitrogen and oxygen atoms in total. The van der Waals surface area contributed by atoms with Gasteiger partial charge in [0.05, 0.1) is 17.1 Å². The Hall–Kier alpha value is -1.77. The first-order chi connectivity index (χ1) is 9.17. The number of halogens is 3. The van der Waals surface area contributed by atoms with Gasteiger partial charge in [-0.05, 0) is 0 Å². The molecule has 110 valence electrons. The summed E-state index contributed by atoms with van der Waals surface area (Å²) in [7, 11) is -4.71. The third kappa shape index (κ3) is 3.03. The fraction of sp³-hybridized carbons (Fsp3) is 0.364. The fourth-order valence-electron chi connectivity index (χ4n) is 2.19. The predicted octanol–water partition coefficient (Wildman–Crippen LogP) is 1.20. The third-order valence-electron chi connectivity index (χ3n) is 3.00. The van der Waals surface area contributed by atoms with Gasteiger partial charge >= 0.3 is 10.2 Å². The van der Waals surface area contributed by atoms with Crippen molar-refractivity contribution >= 4 is 27.5 Å². The molecule has 0 radical (unpaired) electrons. The lowest BCUT2D eigenvalue weighted by molar-refractivity contribution is -0.117. The molecule has 1 aliphatic heterocycles. The van der Waals surface area contributed by atoms with Crippen molar-refractivity contribution < 1.29 is 25.9 Å². The molecule has 9 heteroatoms. The molecule has 1 aromatic rings. The van der Waals surface area contributed by atoms with Crippen LogP contribution in [0, 0.1) is 17.6 Å². The predicted molar refractivity (Wildman–Crippen MR) is 66.1 cm³/mol. The van der Waals surface area contributed by atoms with Gasteiger partial charge in [0.1, 0.15) is 0 Å². The van der Waals surface area contributed by atoms with Crippen LogP contribution in [-0.2, 0) is 15.0 Å². The molecule has 1 fully saturated rings. The molecular formula is C11H11F3N2O3S. The first-order valence-corrected chi connectivity index (χ1v) is 7.20. The van der Waals surface area contributed by atoms with E-state index in [-0.39, 0.29) is 24.3 Å². The van der Waals surface area contributed by atoms with Crippen LogP contribution in [0.15, 0.2) is 12.1 Å². The lowest BCUT2D eigenvalue weighted by Crippen LogP contribution is -2.26. The number of carbonyl (C=O) groups excluding carboxylic acids is 1. The number of nitrogens with two attached hydrogens (primary N) is 1. The molecule has 0 spiro atoms. The lowest BCUT2D eigenvalue weighted by Gasteiger charge is -2.18. The summed E-state index contributed by atoms with van der Waals surface area (Å²) in [5, 5.41) is 0. The number of hydrogen-bond donors (Lipinski definition) is 1. The zero-order valence-corrected chi connectivity index (χ0v) is 11.0. The van der Waals surface area contributed by atoms with Crippen LogP contribution in [0.3, 0.4) is 0 Å². The summed E-state index contributed by atoms with van der Waals surface area (Å²) in [5.41, 5.74) is 5.31. The Kier molecular flexibility index (Phi) is 3.63. The minimum absolute atomic E-state index is 0.0485. The number of carbonyl (C=O) groups is 1. The van der Waals surface area contributed by atoms with E-state index in [0.717, 1.165) is 17.0 Å². The molecule has 1 aliphatic rings. The molecule has 0 saturated carbocycles. The Labute approximate surface area is 113 Å². The van der Waals surface area contributed by atoms with E-state index in [0.29, 0.717) is 0 Å². The Morgan fingerprint density at radius 2 is 1.90 bits per heavy atom. The molecule has 0 aromatic heterocycles. The van der Waals surface area contributed by atoms with E-state index in [1.54, 1.807) is 0 Å². The topological polar surface area (TPSA) is 80.5 Å². The maximum Gasteiger partial charge on any atom is 0.302 e. The number of nitrogen functional groups attached to an aromatic ring is 1. The monoisotopic (exact) mass is 308 g/mol. The highest BCUT2D eigenvalue weighted by Gasteiger charge is 2.34. The minimum Gasteiger partial charge on any atom is -0.397 e. The number of amides is 1. The summed E-state index contributed by atoms with van der Waals surface area (Å²) < 4.78 is 59.9. The van der Waals surface area contributed by atoms with E-state index in [9.17, 15) is 25.9 Å². The van der Waals surface area contributed by atoms with Crippen molar-refractivity contribution in [3.05, 3.63) is 23.8 Å². The van der Waals surface area contributed by atoms with Crippen LogP contribution in [0.5, 0.6) is 0 Å². The second-order valence-corrected chi connectivity index (χ2v) is 6.02. The molecular weight excluding hydrogens is 297 g/mol. The Morgan fingerprint density at radius 3 is 2.50 bits per heavy atom. The van der Waals surface area contributed by atoms with E-state index in [4.69, 9.17) is 5.73 Å². The molecule has 0 bridgehead atoms. The van der Waals surface area contributed by atoms with Gasteiger partial charge in [-0.25, -0.2) is 8.78 Å². The van der Waals surface area contributed by atoms with Gasteiger partial charge in [0.15, 0.2) is 11.6 Å². The maximum atomic E-state index is 13.2. The molecule has 1 saturated heterocycles. The number of nitrogens with zero attached hydrogens (tertiary/aromatic N) is 1. The van der Waals surface area contributed by atoms with Crippen LogP contribution in [-0.4, -0.2) is 26.6 Å². The molecule has 1 heterocycles. The molecule has 0 aliphatic carbocycles. The third-order valence-corrected chi connectivity index (χ3v) is 3.87. The van der Waals surface area contributed by atoms with Crippen LogP contribution in [0.25, 0.3) is 0 Å². The first kappa shape index (κ1) is 14.6. The van der Waals surface area contributed by atoms with Gasteiger partial charge in [0, 0.05) is 31.0 Å². The highest BCUT2D eigenvalue weighted by Crippen LogP contribution is 2.32. The van der Waals surface area contributed by atoms with Crippen LogP contribution >= 0.6 is 0 Å². The molecule has 1 atom stereocenters. The summed E-state index contributed by atoms with van der Waals surface area (Å²) in [6.07, 6.45) is -0.193. The molecule has 2 rings (SSSR count). The zero-order chi connectivity index (χ0) is 15.1. The van der Waals surface area contributed by atoms with E-state index in [2.05, 4.69) is 0 Å². The molecule has 1 aromatic carbocycles. The van der Waals surface area contributed by atoms with Crippen molar-refractivity contribution in [2.45, 2.75) is 6.42 Å². The van der Waals surface area contributed by atoms with Gasteiger partial charge in [-0.15, -0.1) is 3.89 Å². The maximum absolute atomic E-state index is 13.2. The van der Waals surface area contributed by atoms with Crippen LogP contribution < -0.4 is 10.6 Å². The highest BCUT2D eigenvalue weighted by atomic mass is 32.3. The largest absolute Gasteiger partial charge is 0.397 e. The molecule has 20 heavy (non-hydrogen) atoms. The SMILES string of the molecule is Nc1cc(F)c(F)cc1N1CC(CS(=O)(=O)F)CC1=O. The lowest BCUT2D eigenvalue weighted by atomic mass is 10.1. The zero-order valence-electron chi connectivity index (χ0n) is 10.1. The van der Waals surface area contributed by atoms with Crippen molar-refractivity contribution in [1.82, 2.24) is 0 Å². The summed E-state index contributed by atoms with van der Waals surface area (Å²) in [6, 6.07) is 1.49. The van der Waals surface area contributed by atoms with Gasteiger partial charge in [-0.3, -0.25) is 4.79 Å². The second kappa shape index (κ2) is 4.97. The molecule has 1 unspecified atom stereocenters.